The lowest BCUT2D eigenvalue weighted by Gasteiger charge is -2.23. The van der Waals surface area contributed by atoms with Crippen molar-refractivity contribution in [2.24, 2.45) is 0 Å². The monoisotopic (exact) mass is 365 g/mol. The Hall–Kier alpha value is -2.53. The quantitative estimate of drug-likeness (QED) is 0.643. The van der Waals surface area contributed by atoms with Crippen LogP contribution in [0, 0.1) is 13.8 Å². The van der Waals surface area contributed by atoms with Gasteiger partial charge >= 0.3 is 0 Å². The highest BCUT2D eigenvalue weighted by Gasteiger charge is 2.22. The largest absolute Gasteiger partial charge is 0.329 e. The Morgan fingerprint density at radius 2 is 1.92 bits per heavy atom. The number of hydrogen-bond acceptors (Lipinski definition) is 4. The zero-order valence-electron chi connectivity index (χ0n) is 15.4. The summed E-state index contributed by atoms with van der Waals surface area (Å²) in [6.07, 6.45) is 4.41. The van der Waals surface area contributed by atoms with Crippen molar-refractivity contribution >= 4 is 17.2 Å². The first-order chi connectivity index (χ1) is 12.6. The molecule has 2 heterocycles. The van der Waals surface area contributed by atoms with Crippen molar-refractivity contribution in [3.05, 3.63) is 81.1 Å². The molecule has 0 spiro atoms. The molecule has 0 aliphatic carbocycles. The molecule has 0 unspecified atom stereocenters. The summed E-state index contributed by atoms with van der Waals surface area (Å²) in [4.78, 5) is 24.6. The van der Waals surface area contributed by atoms with Crippen LogP contribution in [0.15, 0.2) is 48.8 Å². The summed E-state index contributed by atoms with van der Waals surface area (Å²) in [5.74, 6) is 0.0341. The molecule has 26 heavy (non-hydrogen) atoms. The van der Waals surface area contributed by atoms with E-state index in [-0.39, 0.29) is 5.91 Å². The predicted molar refractivity (Wildman–Crippen MR) is 105 cm³/mol. The smallest absolute Gasteiger partial charge is 0.266 e. The fourth-order valence-electron chi connectivity index (χ4n) is 2.85. The number of hydrogen-bond donors (Lipinski definition) is 0. The number of nitrogens with zero attached hydrogens (tertiary/aromatic N) is 3. The van der Waals surface area contributed by atoms with E-state index < -0.39 is 0 Å². The molecule has 0 fully saturated rings. The molecular formula is C21H23N3OS. The molecule has 2 aromatic heterocycles. The maximum Gasteiger partial charge on any atom is 0.266 e. The topological polar surface area (TPSA) is 46.1 Å². The number of rotatable bonds is 6. The van der Waals surface area contributed by atoms with Gasteiger partial charge in [-0.3, -0.25) is 9.78 Å². The summed E-state index contributed by atoms with van der Waals surface area (Å²) >= 11 is 1.50. The molecule has 3 aromatic rings. The molecular weight excluding hydrogens is 342 g/mol. The Morgan fingerprint density at radius 1 is 1.12 bits per heavy atom. The average molecular weight is 366 g/mol. The Morgan fingerprint density at radius 3 is 2.58 bits per heavy atom. The first-order valence-electron chi connectivity index (χ1n) is 8.77. The molecule has 1 aromatic carbocycles. The normalized spacial score (nSPS) is 10.7. The number of carbonyl (C=O) groups excluding carboxylic acids is 1. The second kappa shape index (κ2) is 8.23. The zero-order valence-corrected chi connectivity index (χ0v) is 16.2. The van der Waals surface area contributed by atoms with E-state index in [9.17, 15) is 4.79 Å². The first kappa shape index (κ1) is 18.3. The van der Waals surface area contributed by atoms with Crippen LogP contribution in [0.25, 0.3) is 0 Å². The van der Waals surface area contributed by atoms with E-state index in [1.807, 2.05) is 42.3 Å². The molecule has 0 saturated carbocycles. The van der Waals surface area contributed by atoms with Crippen LogP contribution in [0.3, 0.4) is 0 Å². The van der Waals surface area contributed by atoms with Gasteiger partial charge in [-0.1, -0.05) is 37.3 Å². The van der Waals surface area contributed by atoms with Crippen molar-refractivity contribution in [1.82, 2.24) is 14.9 Å². The van der Waals surface area contributed by atoms with Gasteiger partial charge in [0, 0.05) is 25.5 Å². The second-order valence-electron chi connectivity index (χ2n) is 6.32. The highest BCUT2D eigenvalue weighted by atomic mass is 32.1. The molecule has 0 bridgehead atoms. The van der Waals surface area contributed by atoms with Crippen molar-refractivity contribution in [1.29, 1.82) is 0 Å². The molecule has 0 saturated heterocycles. The minimum atomic E-state index is 0.0341. The number of carbonyl (C=O) groups is 1. The highest BCUT2D eigenvalue weighted by Crippen LogP contribution is 2.23. The van der Waals surface area contributed by atoms with Gasteiger partial charge in [0.05, 0.1) is 10.7 Å². The van der Waals surface area contributed by atoms with Crippen LogP contribution in [0.4, 0.5) is 0 Å². The lowest BCUT2D eigenvalue weighted by molar-refractivity contribution is 0.0733. The van der Waals surface area contributed by atoms with Gasteiger partial charge in [0.1, 0.15) is 4.88 Å². The molecule has 3 rings (SSSR count). The van der Waals surface area contributed by atoms with Crippen LogP contribution in [-0.4, -0.2) is 20.8 Å². The molecule has 5 heteroatoms. The summed E-state index contributed by atoms with van der Waals surface area (Å²) in [5, 5.41) is 1.00. The molecule has 1 amide bonds. The number of thiazole rings is 1. The van der Waals surface area contributed by atoms with Crippen LogP contribution in [0.2, 0.25) is 0 Å². The molecule has 0 aliphatic rings. The fraction of sp³-hybridized carbons (Fsp3) is 0.286. The van der Waals surface area contributed by atoms with Gasteiger partial charge in [-0.15, -0.1) is 11.3 Å². The minimum Gasteiger partial charge on any atom is -0.329 e. The zero-order chi connectivity index (χ0) is 18.5. The fourth-order valence-corrected chi connectivity index (χ4v) is 3.82. The van der Waals surface area contributed by atoms with E-state index in [0.29, 0.717) is 13.1 Å². The van der Waals surface area contributed by atoms with Crippen molar-refractivity contribution in [2.45, 2.75) is 40.3 Å². The Bertz CT molecular complexity index is 889. The van der Waals surface area contributed by atoms with Crippen LogP contribution in [0.5, 0.6) is 0 Å². The van der Waals surface area contributed by atoms with Crippen LogP contribution < -0.4 is 0 Å². The second-order valence-corrected chi connectivity index (χ2v) is 7.41. The van der Waals surface area contributed by atoms with Gasteiger partial charge < -0.3 is 4.90 Å². The summed E-state index contributed by atoms with van der Waals surface area (Å²) < 4.78 is 0. The predicted octanol–water partition coefficient (Wildman–Crippen LogP) is 4.56. The molecule has 0 atom stereocenters. The minimum absolute atomic E-state index is 0.0341. The molecule has 0 aliphatic heterocycles. The van der Waals surface area contributed by atoms with E-state index in [4.69, 9.17) is 0 Å². The number of amides is 1. The average Bonchev–Trinajstić information content (AvgIpc) is 3.04. The standard InChI is InChI=1S/C21H23N3OS/c1-4-19-23-16(3)20(26-19)21(25)24(13-17-9-7-11-22-12-17)14-18-10-6-5-8-15(18)2/h5-12H,4,13-14H2,1-3H3. The maximum atomic E-state index is 13.3. The summed E-state index contributed by atoms with van der Waals surface area (Å²) in [6, 6.07) is 12.1. The highest BCUT2D eigenvalue weighted by molar-refractivity contribution is 7.13. The van der Waals surface area contributed by atoms with Crippen LogP contribution >= 0.6 is 11.3 Å². The molecule has 0 radical (unpaired) electrons. The van der Waals surface area contributed by atoms with E-state index in [0.717, 1.165) is 33.1 Å². The van der Waals surface area contributed by atoms with Crippen molar-refractivity contribution in [3.63, 3.8) is 0 Å². The van der Waals surface area contributed by atoms with E-state index in [2.05, 4.69) is 35.9 Å². The maximum absolute atomic E-state index is 13.3. The lowest BCUT2D eigenvalue weighted by Crippen LogP contribution is -2.30. The summed E-state index contributed by atoms with van der Waals surface area (Å²) in [6.45, 7) is 7.15. The molecule has 134 valence electrons. The number of pyridine rings is 1. The number of aryl methyl sites for hydroxylation is 3. The number of benzene rings is 1. The Labute approximate surface area is 158 Å². The van der Waals surface area contributed by atoms with Gasteiger partial charge in [-0.25, -0.2) is 4.98 Å². The molecule has 4 nitrogen and oxygen atoms in total. The van der Waals surface area contributed by atoms with E-state index >= 15 is 0 Å². The Balaban J connectivity index is 1.92. The third kappa shape index (κ3) is 4.17. The van der Waals surface area contributed by atoms with Crippen molar-refractivity contribution < 1.29 is 4.79 Å². The summed E-state index contributed by atoms with van der Waals surface area (Å²) in [7, 11) is 0. The molecule has 0 N–H and O–H groups in total. The van der Waals surface area contributed by atoms with Gasteiger partial charge in [-0.05, 0) is 43.0 Å². The lowest BCUT2D eigenvalue weighted by atomic mass is 10.1. The van der Waals surface area contributed by atoms with Gasteiger partial charge in [0.15, 0.2) is 0 Å². The van der Waals surface area contributed by atoms with E-state index in [1.54, 1.807) is 6.20 Å². The van der Waals surface area contributed by atoms with Crippen LogP contribution in [-0.2, 0) is 19.5 Å². The third-order valence-electron chi connectivity index (χ3n) is 4.34. The van der Waals surface area contributed by atoms with Gasteiger partial charge in [0.25, 0.3) is 5.91 Å². The van der Waals surface area contributed by atoms with Crippen LogP contribution in [0.1, 0.15) is 44.0 Å². The van der Waals surface area contributed by atoms with Crippen molar-refractivity contribution in [3.8, 4) is 0 Å². The van der Waals surface area contributed by atoms with Gasteiger partial charge in [0.2, 0.25) is 0 Å². The third-order valence-corrected chi connectivity index (χ3v) is 5.63. The SMILES string of the molecule is CCc1nc(C)c(C(=O)N(Cc2cccnc2)Cc2ccccc2C)s1. The summed E-state index contributed by atoms with van der Waals surface area (Å²) in [5.41, 5.74) is 4.18. The van der Waals surface area contributed by atoms with Crippen molar-refractivity contribution in [2.75, 3.05) is 0 Å². The Kier molecular flexibility index (Phi) is 5.78. The first-order valence-corrected chi connectivity index (χ1v) is 9.59. The number of aromatic nitrogens is 2. The van der Waals surface area contributed by atoms with Gasteiger partial charge in [-0.2, -0.15) is 0 Å². The van der Waals surface area contributed by atoms with E-state index in [1.165, 1.54) is 16.9 Å².